The summed E-state index contributed by atoms with van der Waals surface area (Å²) >= 11 is 0. The maximum Gasteiger partial charge on any atom is 0.243 e. The fourth-order valence-electron chi connectivity index (χ4n) is 3.03. The van der Waals surface area contributed by atoms with Gasteiger partial charge in [-0.2, -0.15) is 4.31 Å². The van der Waals surface area contributed by atoms with Crippen LogP contribution in [-0.4, -0.2) is 52.5 Å². The van der Waals surface area contributed by atoms with Crippen LogP contribution in [0.2, 0.25) is 0 Å². The predicted molar refractivity (Wildman–Crippen MR) is 98.9 cm³/mol. The second-order valence-electron chi connectivity index (χ2n) is 6.36. The average molecular weight is 384 g/mol. The molecule has 1 aliphatic heterocycles. The van der Waals surface area contributed by atoms with Gasteiger partial charge in [0.25, 0.3) is 0 Å². The summed E-state index contributed by atoms with van der Waals surface area (Å²) in [7, 11) is -0.731. The molecular weight excluding hydrogens is 356 g/mol. The van der Waals surface area contributed by atoms with E-state index in [4.69, 9.17) is 9.47 Å². The molecule has 1 aromatic rings. The normalized spacial score (nSPS) is 18.3. The van der Waals surface area contributed by atoms with E-state index in [1.54, 1.807) is 6.07 Å². The average Bonchev–Trinajstić information content (AvgIpc) is 2.67. The number of carbonyl (C=O) groups is 1. The molecule has 0 radical (unpaired) electrons. The summed E-state index contributed by atoms with van der Waals surface area (Å²) in [4.78, 5) is 12.4. The molecular formula is C18H28N2O5S. The van der Waals surface area contributed by atoms with Gasteiger partial charge in [0, 0.05) is 25.7 Å². The summed E-state index contributed by atoms with van der Waals surface area (Å²) < 4.78 is 37.7. The van der Waals surface area contributed by atoms with Crippen molar-refractivity contribution in [1.82, 2.24) is 9.62 Å². The van der Waals surface area contributed by atoms with Gasteiger partial charge in [0.05, 0.1) is 25.0 Å². The molecule has 1 aromatic carbocycles. The highest BCUT2D eigenvalue weighted by Gasteiger charge is 2.33. The third kappa shape index (κ3) is 4.67. The molecule has 0 aliphatic carbocycles. The van der Waals surface area contributed by atoms with Crippen LogP contribution in [0.25, 0.3) is 0 Å². The van der Waals surface area contributed by atoms with Gasteiger partial charge >= 0.3 is 0 Å². The highest BCUT2D eigenvalue weighted by Crippen LogP contribution is 2.32. The zero-order valence-corrected chi connectivity index (χ0v) is 16.5. The van der Waals surface area contributed by atoms with Gasteiger partial charge in [-0.25, -0.2) is 8.42 Å². The Balaban J connectivity index is 2.14. The highest BCUT2D eigenvalue weighted by molar-refractivity contribution is 7.89. The first kappa shape index (κ1) is 20.5. The molecule has 146 valence electrons. The largest absolute Gasteiger partial charge is 0.493 e. The lowest BCUT2D eigenvalue weighted by Gasteiger charge is -2.31. The van der Waals surface area contributed by atoms with Crippen molar-refractivity contribution in [2.45, 2.75) is 37.5 Å². The molecule has 1 amide bonds. The van der Waals surface area contributed by atoms with Crippen molar-refractivity contribution in [3.05, 3.63) is 18.2 Å². The maximum atomic E-state index is 13.0. The van der Waals surface area contributed by atoms with Crippen molar-refractivity contribution in [2.24, 2.45) is 5.92 Å². The molecule has 1 aliphatic rings. The van der Waals surface area contributed by atoms with Gasteiger partial charge in [0.2, 0.25) is 15.9 Å². The number of piperidine rings is 1. The van der Waals surface area contributed by atoms with Crippen LogP contribution in [0.3, 0.4) is 0 Å². The molecule has 1 heterocycles. The number of carbonyl (C=O) groups excluding carboxylic acids is 1. The molecule has 0 spiro atoms. The monoisotopic (exact) mass is 384 g/mol. The Hall–Kier alpha value is -1.80. The molecule has 26 heavy (non-hydrogen) atoms. The number of sulfonamides is 1. The Morgan fingerprint density at radius 3 is 2.65 bits per heavy atom. The predicted octanol–water partition coefficient (Wildman–Crippen LogP) is 2.02. The van der Waals surface area contributed by atoms with Crippen LogP contribution in [0.1, 0.15) is 32.6 Å². The number of ether oxygens (including phenoxy) is 2. The molecule has 1 N–H and O–H groups in total. The molecule has 8 heteroatoms. The van der Waals surface area contributed by atoms with Crippen molar-refractivity contribution in [3.8, 4) is 11.5 Å². The molecule has 0 saturated carbocycles. The van der Waals surface area contributed by atoms with E-state index in [9.17, 15) is 13.2 Å². The maximum absolute atomic E-state index is 13.0. The van der Waals surface area contributed by atoms with Crippen LogP contribution in [-0.2, 0) is 14.8 Å². The van der Waals surface area contributed by atoms with Crippen LogP contribution in [0.5, 0.6) is 11.5 Å². The third-order valence-electron chi connectivity index (χ3n) is 4.58. The Kier molecular flexibility index (Phi) is 7.28. The molecule has 2 rings (SSSR count). The topological polar surface area (TPSA) is 84.9 Å². The van der Waals surface area contributed by atoms with Crippen molar-refractivity contribution in [1.29, 1.82) is 0 Å². The summed E-state index contributed by atoms with van der Waals surface area (Å²) in [5.41, 5.74) is 0. The lowest BCUT2D eigenvalue weighted by atomic mass is 9.99. The van der Waals surface area contributed by atoms with Crippen LogP contribution >= 0.6 is 0 Å². The zero-order chi connectivity index (χ0) is 19.2. The van der Waals surface area contributed by atoms with Gasteiger partial charge in [-0.3, -0.25) is 4.79 Å². The minimum atomic E-state index is -3.69. The molecule has 0 bridgehead atoms. The number of nitrogens with zero attached hydrogens (tertiary/aromatic N) is 1. The number of hydrogen-bond acceptors (Lipinski definition) is 5. The molecule has 1 fully saturated rings. The molecule has 1 saturated heterocycles. The van der Waals surface area contributed by atoms with E-state index in [-0.39, 0.29) is 23.3 Å². The summed E-state index contributed by atoms with van der Waals surface area (Å²) in [5, 5.41) is 2.90. The van der Waals surface area contributed by atoms with Crippen LogP contribution in [0.4, 0.5) is 0 Å². The molecule has 7 nitrogen and oxygen atoms in total. The molecule has 0 unspecified atom stereocenters. The van der Waals surface area contributed by atoms with Crippen molar-refractivity contribution in [3.63, 3.8) is 0 Å². The van der Waals surface area contributed by atoms with Crippen molar-refractivity contribution in [2.75, 3.05) is 33.9 Å². The molecule has 1 atom stereocenters. The summed E-state index contributed by atoms with van der Waals surface area (Å²) in [5.74, 6) is 0.457. The minimum Gasteiger partial charge on any atom is -0.493 e. The van der Waals surface area contributed by atoms with Gasteiger partial charge in [0.1, 0.15) is 0 Å². The Bertz CT molecular complexity index is 720. The van der Waals surface area contributed by atoms with E-state index in [0.717, 1.165) is 12.8 Å². The smallest absolute Gasteiger partial charge is 0.243 e. The van der Waals surface area contributed by atoms with Gasteiger partial charge in [-0.15, -0.1) is 0 Å². The number of rotatable bonds is 8. The molecule has 0 aromatic heterocycles. The van der Waals surface area contributed by atoms with E-state index >= 15 is 0 Å². The SMILES string of the molecule is CCCCNC(=O)[C@@H]1CCCN(S(=O)(=O)c2ccc(OC)c(OC)c2)C1. The van der Waals surface area contributed by atoms with E-state index in [1.165, 1.54) is 30.7 Å². The third-order valence-corrected chi connectivity index (χ3v) is 6.44. The Labute approximate surface area is 155 Å². The zero-order valence-electron chi connectivity index (χ0n) is 15.7. The van der Waals surface area contributed by atoms with E-state index in [2.05, 4.69) is 12.2 Å². The minimum absolute atomic E-state index is 0.0642. The van der Waals surface area contributed by atoms with Crippen LogP contribution in [0, 0.1) is 5.92 Å². The van der Waals surface area contributed by atoms with E-state index < -0.39 is 10.0 Å². The highest BCUT2D eigenvalue weighted by atomic mass is 32.2. The Morgan fingerprint density at radius 1 is 1.27 bits per heavy atom. The number of hydrogen-bond donors (Lipinski definition) is 1. The van der Waals surface area contributed by atoms with E-state index in [0.29, 0.717) is 37.4 Å². The first-order valence-electron chi connectivity index (χ1n) is 8.94. The lowest BCUT2D eigenvalue weighted by Crippen LogP contribution is -2.45. The first-order valence-corrected chi connectivity index (χ1v) is 10.4. The quantitative estimate of drug-likeness (QED) is 0.693. The Morgan fingerprint density at radius 2 is 2.00 bits per heavy atom. The van der Waals surface area contributed by atoms with Gasteiger partial charge in [-0.05, 0) is 31.4 Å². The second kappa shape index (κ2) is 9.23. The van der Waals surface area contributed by atoms with Crippen LogP contribution < -0.4 is 14.8 Å². The summed E-state index contributed by atoms with van der Waals surface area (Å²) in [6.07, 6.45) is 3.30. The number of amides is 1. The number of unbranched alkanes of at least 4 members (excludes halogenated alkanes) is 1. The summed E-state index contributed by atoms with van der Waals surface area (Å²) in [6, 6.07) is 4.53. The van der Waals surface area contributed by atoms with Crippen molar-refractivity contribution < 1.29 is 22.7 Å². The lowest BCUT2D eigenvalue weighted by molar-refractivity contribution is -0.126. The van der Waals surface area contributed by atoms with Gasteiger partial charge in [0.15, 0.2) is 11.5 Å². The first-order chi connectivity index (χ1) is 12.4. The number of benzene rings is 1. The fraction of sp³-hybridized carbons (Fsp3) is 0.611. The standard InChI is InChI=1S/C18H28N2O5S/c1-4-5-10-19-18(21)14-7-6-11-20(13-14)26(22,23)15-8-9-16(24-2)17(12-15)25-3/h8-9,12,14H,4-7,10-11,13H2,1-3H3,(H,19,21)/t14-/m1/s1. The van der Waals surface area contributed by atoms with Gasteiger partial charge < -0.3 is 14.8 Å². The van der Waals surface area contributed by atoms with Gasteiger partial charge in [-0.1, -0.05) is 13.3 Å². The number of nitrogens with one attached hydrogen (secondary N) is 1. The number of methoxy groups -OCH3 is 2. The summed E-state index contributed by atoms with van der Waals surface area (Å²) in [6.45, 7) is 3.31. The van der Waals surface area contributed by atoms with E-state index in [1.807, 2.05) is 0 Å². The fourth-order valence-corrected chi connectivity index (χ4v) is 4.57. The second-order valence-corrected chi connectivity index (χ2v) is 8.30. The van der Waals surface area contributed by atoms with Crippen molar-refractivity contribution >= 4 is 15.9 Å². The van der Waals surface area contributed by atoms with Crippen LogP contribution in [0.15, 0.2) is 23.1 Å².